The maximum absolute atomic E-state index is 13.0. The van der Waals surface area contributed by atoms with Crippen molar-refractivity contribution in [3.8, 4) is 0 Å². The molecule has 8 nitrogen and oxygen atoms in total. The average Bonchev–Trinajstić information content (AvgIpc) is 2.79. The molecule has 0 radical (unpaired) electrons. The second-order valence-electron chi connectivity index (χ2n) is 7.89. The first-order valence-electron chi connectivity index (χ1n) is 10.9. The van der Waals surface area contributed by atoms with Crippen LogP contribution in [0.3, 0.4) is 0 Å². The highest BCUT2D eigenvalue weighted by atomic mass is 32.2. The summed E-state index contributed by atoms with van der Waals surface area (Å²) >= 11 is 0. The Balaban J connectivity index is 1.64. The molecule has 32 heavy (non-hydrogen) atoms. The van der Waals surface area contributed by atoms with Crippen molar-refractivity contribution in [1.29, 1.82) is 0 Å². The number of aryl methyl sites for hydroxylation is 1. The Labute approximate surface area is 189 Å². The Bertz CT molecular complexity index is 1070. The average molecular weight is 459 g/mol. The molecule has 1 aliphatic rings. The van der Waals surface area contributed by atoms with E-state index in [0.717, 1.165) is 5.56 Å². The van der Waals surface area contributed by atoms with E-state index in [0.29, 0.717) is 50.4 Å². The second-order valence-corrected chi connectivity index (χ2v) is 9.83. The summed E-state index contributed by atoms with van der Waals surface area (Å²) in [6, 6.07) is 9.86. The van der Waals surface area contributed by atoms with E-state index in [9.17, 15) is 18.0 Å². The second kappa shape index (κ2) is 10.2. The highest BCUT2D eigenvalue weighted by Crippen LogP contribution is 2.23. The third-order valence-corrected chi connectivity index (χ3v) is 7.79. The zero-order valence-electron chi connectivity index (χ0n) is 18.7. The number of carbonyl (C=O) groups excluding carboxylic acids is 2. The van der Waals surface area contributed by atoms with Crippen LogP contribution in [0.25, 0.3) is 0 Å². The van der Waals surface area contributed by atoms with Crippen molar-refractivity contribution < 1.29 is 18.0 Å². The van der Waals surface area contributed by atoms with Crippen molar-refractivity contribution in [2.75, 3.05) is 31.5 Å². The van der Waals surface area contributed by atoms with Gasteiger partial charge in [-0.3, -0.25) is 9.59 Å². The molecule has 9 heteroatoms. The Morgan fingerprint density at radius 2 is 1.81 bits per heavy atom. The number of aromatic nitrogens is 1. The van der Waals surface area contributed by atoms with Crippen LogP contribution in [-0.4, -0.2) is 60.6 Å². The summed E-state index contributed by atoms with van der Waals surface area (Å²) in [5.74, 6) is 0.0128. The molecule has 0 saturated carbocycles. The van der Waals surface area contributed by atoms with Gasteiger partial charge in [-0.25, -0.2) is 13.4 Å². The fourth-order valence-electron chi connectivity index (χ4n) is 3.86. The summed E-state index contributed by atoms with van der Waals surface area (Å²) in [6.07, 6.45) is 2.74. The fraction of sp³-hybridized carbons (Fsp3) is 0.435. The summed E-state index contributed by atoms with van der Waals surface area (Å²) in [5.41, 5.74) is 1.35. The van der Waals surface area contributed by atoms with Gasteiger partial charge in [-0.1, -0.05) is 19.9 Å². The van der Waals surface area contributed by atoms with Gasteiger partial charge in [-0.2, -0.15) is 4.31 Å². The number of rotatable bonds is 7. The van der Waals surface area contributed by atoms with Gasteiger partial charge in [0.15, 0.2) is 0 Å². The number of likely N-dealkylation sites (tertiary alicyclic amines) is 1. The van der Waals surface area contributed by atoms with Crippen LogP contribution in [0.5, 0.6) is 0 Å². The number of carbonyl (C=O) groups is 2. The lowest BCUT2D eigenvalue weighted by molar-refractivity contribution is -0.121. The fourth-order valence-corrected chi connectivity index (χ4v) is 5.37. The standard InChI is InChI=1S/C23H30N4O4S/c1-4-27(5-2)32(30,31)20-8-6-7-19(16-20)23(29)26-13-10-18(11-14-26)22(28)25-21-15-17(3)9-12-24-21/h6-9,12,15-16,18H,4-5,10-11,13-14H2,1-3H3,(H,24,25,28). The molecule has 0 spiro atoms. The summed E-state index contributed by atoms with van der Waals surface area (Å²) in [5, 5.41) is 2.85. The number of anilines is 1. The van der Waals surface area contributed by atoms with Crippen molar-refractivity contribution in [3.63, 3.8) is 0 Å². The summed E-state index contributed by atoms with van der Waals surface area (Å²) in [6.45, 7) is 7.10. The van der Waals surface area contributed by atoms with Crippen molar-refractivity contribution in [2.45, 2.75) is 38.5 Å². The van der Waals surface area contributed by atoms with Crippen LogP contribution in [-0.2, 0) is 14.8 Å². The van der Waals surface area contributed by atoms with Gasteiger partial charge in [0.2, 0.25) is 15.9 Å². The van der Waals surface area contributed by atoms with Gasteiger partial charge < -0.3 is 10.2 Å². The number of benzene rings is 1. The van der Waals surface area contributed by atoms with Crippen LogP contribution in [0.1, 0.15) is 42.6 Å². The van der Waals surface area contributed by atoms with Crippen molar-refractivity contribution in [1.82, 2.24) is 14.2 Å². The lowest BCUT2D eigenvalue weighted by Crippen LogP contribution is -2.41. The molecule has 1 fully saturated rings. The van der Waals surface area contributed by atoms with Gasteiger partial charge >= 0.3 is 0 Å². The molecule has 2 aromatic rings. The Morgan fingerprint density at radius 1 is 1.12 bits per heavy atom. The van der Waals surface area contributed by atoms with Gasteiger partial charge in [0, 0.05) is 43.9 Å². The normalized spacial score (nSPS) is 15.1. The van der Waals surface area contributed by atoms with Crippen LogP contribution < -0.4 is 5.32 Å². The number of sulfonamides is 1. The highest BCUT2D eigenvalue weighted by molar-refractivity contribution is 7.89. The van der Waals surface area contributed by atoms with Gasteiger partial charge in [-0.05, 0) is 55.7 Å². The van der Waals surface area contributed by atoms with Crippen molar-refractivity contribution in [2.24, 2.45) is 5.92 Å². The third kappa shape index (κ3) is 5.34. The minimum absolute atomic E-state index is 0.0949. The molecular weight excluding hydrogens is 428 g/mol. The van der Waals surface area contributed by atoms with E-state index in [1.165, 1.54) is 16.4 Å². The zero-order chi connectivity index (χ0) is 23.3. The maximum atomic E-state index is 13.0. The van der Waals surface area contributed by atoms with E-state index in [1.807, 2.05) is 19.1 Å². The molecule has 0 aliphatic carbocycles. The summed E-state index contributed by atoms with van der Waals surface area (Å²) in [7, 11) is -3.64. The number of piperidine rings is 1. The molecule has 0 bridgehead atoms. The molecule has 1 saturated heterocycles. The van der Waals surface area contributed by atoms with Crippen LogP contribution in [0.15, 0.2) is 47.5 Å². The molecule has 1 aliphatic heterocycles. The zero-order valence-corrected chi connectivity index (χ0v) is 19.6. The lowest BCUT2D eigenvalue weighted by Gasteiger charge is -2.31. The molecule has 2 amide bonds. The number of nitrogens with zero attached hydrogens (tertiary/aromatic N) is 3. The lowest BCUT2D eigenvalue weighted by atomic mass is 9.95. The number of pyridine rings is 1. The number of amides is 2. The molecule has 172 valence electrons. The topological polar surface area (TPSA) is 99.7 Å². The summed E-state index contributed by atoms with van der Waals surface area (Å²) < 4.78 is 26.9. The minimum Gasteiger partial charge on any atom is -0.339 e. The quantitative estimate of drug-likeness (QED) is 0.688. The third-order valence-electron chi connectivity index (χ3n) is 5.74. The van der Waals surface area contributed by atoms with E-state index in [1.54, 1.807) is 37.1 Å². The predicted octanol–water partition coefficient (Wildman–Crippen LogP) is 2.91. The van der Waals surface area contributed by atoms with E-state index < -0.39 is 10.0 Å². The monoisotopic (exact) mass is 458 g/mol. The molecule has 1 N–H and O–H groups in total. The number of hydrogen-bond acceptors (Lipinski definition) is 5. The Kier molecular flexibility index (Phi) is 7.63. The van der Waals surface area contributed by atoms with Crippen LogP contribution in [0.4, 0.5) is 5.82 Å². The molecule has 0 unspecified atom stereocenters. The molecule has 1 aromatic heterocycles. The van der Waals surface area contributed by atoms with E-state index in [2.05, 4.69) is 10.3 Å². The molecule has 2 heterocycles. The summed E-state index contributed by atoms with van der Waals surface area (Å²) in [4.78, 5) is 31.5. The Hall–Kier alpha value is -2.78. The van der Waals surface area contributed by atoms with Crippen LogP contribution in [0, 0.1) is 12.8 Å². The van der Waals surface area contributed by atoms with Crippen molar-refractivity contribution in [3.05, 3.63) is 53.7 Å². The van der Waals surface area contributed by atoms with Crippen LogP contribution >= 0.6 is 0 Å². The first-order valence-corrected chi connectivity index (χ1v) is 12.3. The van der Waals surface area contributed by atoms with Gasteiger partial charge in [0.1, 0.15) is 5.82 Å². The van der Waals surface area contributed by atoms with Gasteiger partial charge in [0.05, 0.1) is 4.90 Å². The number of nitrogens with one attached hydrogen (secondary N) is 1. The minimum atomic E-state index is -3.64. The Morgan fingerprint density at radius 3 is 2.44 bits per heavy atom. The smallest absolute Gasteiger partial charge is 0.253 e. The van der Waals surface area contributed by atoms with E-state index in [4.69, 9.17) is 0 Å². The molecule has 0 atom stereocenters. The number of hydrogen-bond donors (Lipinski definition) is 1. The van der Waals surface area contributed by atoms with E-state index in [-0.39, 0.29) is 22.6 Å². The van der Waals surface area contributed by atoms with Crippen molar-refractivity contribution >= 4 is 27.7 Å². The SMILES string of the molecule is CCN(CC)S(=O)(=O)c1cccc(C(=O)N2CCC(C(=O)Nc3cc(C)ccn3)CC2)c1. The van der Waals surface area contributed by atoms with Gasteiger partial charge in [0.25, 0.3) is 5.91 Å². The maximum Gasteiger partial charge on any atom is 0.253 e. The van der Waals surface area contributed by atoms with Crippen LogP contribution in [0.2, 0.25) is 0 Å². The predicted molar refractivity (Wildman–Crippen MR) is 123 cm³/mol. The first-order chi connectivity index (χ1) is 15.3. The molecular formula is C23H30N4O4S. The first kappa shape index (κ1) is 23.9. The largest absolute Gasteiger partial charge is 0.339 e. The van der Waals surface area contributed by atoms with Gasteiger partial charge in [-0.15, -0.1) is 0 Å². The molecule has 3 rings (SSSR count). The highest BCUT2D eigenvalue weighted by Gasteiger charge is 2.29. The molecule has 1 aromatic carbocycles. The van der Waals surface area contributed by atoms with E-state index >= 15 is 0 Å².